The third-order valence-corrected chi connectivity index (χ3v) is 5.15. The van der Waals surface area contributed by atoms with E-state index in [0.29, 0.717) is 11.3 Å². The molecule has 7 nitrogen and oxygen atoms in total. The fraction of sp³-hybridized carbons (Fsp3) is 0.261. The molecule has 0 radical (unpaired) electrons. The molecule has 7 heteroatoms. The molecular weight excluding hydrogens is 384 g/mol. The maximum atomic E-state index is 13.1. The number of Topliss-reactive ketones (excluding diaryl/α,β-unsaturated/α-hetero) is 1. The summed E-state index contributed by atoms with van der Waals surface area (Å²) in [6, 6.07) is 11.4. The summed E-state index contributed by atoms with van der Waals surface area (Å²) >= 11 is 0. The Kier molecular flexibility index (Phi) is 4.61. The van der Waals surface area contributed by atoms with E-state index in [-0.39, 0.29) is 22.6 Å². The third kappa shape index (κ3) is 3.22. The van der Waals surface area contributed by atoms with Gasteiger partial charge in [-0.2, -0.15) is 0 Å². The molecule has 0 aliphatic carbocycles. The summed E-state index contributed by atoms with van der Waals surface area (Å²) in [4.78, 5) is 27.4. The molecule has 0 saturated heterocycles. The molecular formula is C23H22N2O5. The van der Waals surface area contributed by atoms with Crippen LogP contribution in [0.4, 0.5) is 5.82 Å². The zero-order valence-electron chi connectivity index (χ0n) is 17.2. The summed E-state index contributed by atoms with van der Waals surface area (Å²) in [5.41, 5.74) is 1.65. The molecule has 4 rings (SSSR count). The van der Waals surface area contributed by atoms with Gasteiger partial charge in [-0.1, -0.05) is 50.2 Å². The van der Waals surface area contributed by atoms with Crippen molar-refractivity contribution < 1.29 is 23.6 Å². The minimum absolute atomic E-state index is 0.0406. The normalized spacial score (nSPS) is 17.1. The number of aliphatic hydroxyl groups excluding tert-OH is 1. The molecule has 0 bridgehead atoms. The first kappa shape index (κ1) is 19.7. The summed E-state index contributed by atoms with van der Waals surface area (Å²) in [5.74, 6) is -1.14. The van der Waals surface area contributed by atoms with E-state index in [2.05, 4.69) is 25.9 Å². The molecule has 0 fully saturated rings. The van der Waals surface area contributed by atoms with Gasteiger partial charge in [0.2, 0.25) is 5.78 Å². The highest BCUT2D eigenvalue weighted by molar-refractivity contribution is 6.19. The lowest BCUT2D eigenvalue weighted by molar-refractivity contribution is -0.117. The first-order valence-corrected chi connectivity index (χ1v) is 9.57. The van der Waals surface area contributed by atoms with Gasteiger partial charge < -0.3 is 14.0 Å². The Labute approximate surface area is 173 Å². The van der Waals surface area contributed by atoms with Crippen molar-refractivity contribution in [1.29, 1.82) is 0 Å². The van der Waals surface area contributed by atoms with E-state index in [0.717, 1.165) is 5.56 Å². The molecule has 1 N–H and O–H groups in total. The van der Waals surface area contributed by atoms with E-state index >= 15 is 0 Å². The Morgan fingerprint density at radius 2 is 1.87 bits per heavy atom. The second kappa shape index (κ2) is 7.02. The van der Waals surface area contributed by atoms with Crippen LogP contribution in [0.5, 0.6) is 0 Å². The van der Waals surface area contributed by atoms with Crippen molar-refractivity contribution in [2.24, 2.45) is 0 Å². The number of hydrogen-bond donors (Lipinski definition) is 1. The van der Waals surface area contributed by atoms with Crippen LogP contribution in [-0.4, -0.2) is 22.0 Å². The summed E-state index contributed by atoms with van der Waals surface area (Å²) in [5, 5.41) is 14.6. The van der Waals surface area contributed by atoms with Gasteiger partial charge in [0.05, 0.1) is 17.9 Å². The van der Waals surface area contributed by atoms with Gasteiger partial charge in [0.15, 0.2) is 17.3 Å². The number of anilines is 1. The molecule has 1 aliphatic heterocycles. The van der Waals surface area contributed by atoms with Crippen molar-refractivity contribution in [2.75, 3.05) is 4.90 Å². The predicted octanol–water partition coefficient (Wildman–Crippen LogP) is 4.66. The smallest absolute Gasteiger partial charge is 0.295 e. The van der Waals surface area contributed by atoms with Crippen LogP contribution in [0.1, 0.15) is 54.3 Å². The van der Waals surface area contributed by atoms with Gasteiger partial charge in [-0.15, -0.1) is 0 Å². The Balaban J connectivity index is 1.85. The molecule has 3 aromatic rings. The second-order valence-corrected chi connectivity index (χ2v) is 8.31. The van der Waals surface area contributed by atoms with Gasteiger partial charge in [-0.25, -0.2) is 0 Å². The number of nitrogens with zero attached hydrogens (tertiary/aromatic N) is 2. The van der Waals surface area contributed by atoms with Crippen molar-refractivity contribution in [3.8, 4) is 0 Å². The van der Waals surface area contributed by atoms with Gasteiger partial charge in [0, 0.05) is 6.07 Å². The molecule has 1 atom stereocenters. The van der Waals surface area contributed by atoms with Crippen molar-refractivity contribution in [3.05, 3.63) is 82.7 Å². The van der Waals surface area contributed by atoms with E-state index in [1.54, 1.807) is 19.1 Å². The fourth-order valence-electron chi connectivity index (χ4n) is 3.56. The lowest BCUT2D eigenvalue weighted by Crippen LogP contribution is -2.31. The minimum Gasteiger partial charge on any atom is -0.503 e. The standard InChI is InChI=1S/C23H22N2O5/c1-13-12-17(24-30-13)25-19(14-7-9-15(10-8-14)23(2,3)4)18(21(27)22(25)28)20(26)16-6-5-11-29-16/h5-12,19,27H,1-4H3. The van der Waals surface area contributed by atoms with Crippen LogP contribution in [0, 0.1) is 6.92 Å². The molecule has 1 amide bonds. The van der Waals surface area contributed by atoms with Crippen molar-refractivity contribution in [3.63, 3.8) is 0 Å². The Bertz CT molecular complexity index is 1130. The SMILES string of the molecule is Cc1cc(N2C(=O)C(O)=C(C(=O)c3ccco3)C2c2ccc(C(C)(C)C)cc2)no1. The van der Waals surface area contributed by atoms with E-state index < -0.39 is 23.5 Å². The molecule has 1 unspecified atom stereocenters. The number of rotatable bonds is 4. The number of hydrogen-bond acceptors (Lipinski definition) is 6. The number of aliphatic hydroxyl groups is 1. The maximum absolute atomic E-state index is 13.1. The maximum Gasteiger partial charge on any atom is 0.295 e. The number of aromatic nitrogens is 1. The average molecular weight is 406 g/mol. The number of aryl methyl sites for hydroxylation is 1. The molecule has 1 aromatic carbocycles. The monoisotopic (exact) mass is 406 g/mol. The lowest BCUT2D eigenvalue weighted by atomic mass is 9.85. The molecule has 1 aliphatic rings. The number of ketones is 1. The zero-order chi connectivity index (χ0) is 21.6. The predicted molar refractivity (Wildman–Crippen MR) is 109 cm³/mol. The van der Waals surface area contributed by atoms with Crippen molar-refractivity contribution in [2.45, 2.75) is 39.2 Å². The minimum atomic E-state index is -0.867. The first-order valence-electron chi connectivity index (χ1n) is 9.57. The highest BCUT2D eigenvalue weighted by atomic mass is 16.5. The number of furan rings is 1. The molecule has 154 valence electrons. The number of carbonyl (C=O) groups excluding carboxylic acids is 2. The van der Waals surface area contributed by atoms with E-state index in [4.69, 9.17) is 8.94 Å². The van der Waals surface area contributed by atoms with E-state index in [1.807, 2.05) is 24.3 Å². The van der Waals surface area contributed by atoms with Gasteiger partial charge in [-0.05, 0) is 35.6 Å². The molecule has 0 saturated carbocycles. The number of amides is 1. The van der Waals surface area contributed by atoms with Crippen LogP contribution in [0.15, 0.2) is 69.0 Å². The van der Waals surface area contributed by atoms with E-state index in [1.165, 1.54) is 17.2 Å². The molecule has 0 spiro atoms. The summed E-state index contributed by atoms with van der Waals surface area (Å²) < 4.78 is 10.4. The molecule has 30 heavy (non-hydrogen) atoms. The van der Waals surface area contributed by atoms with Crippen LogP contribution in [0.2, 0.25) is 0 Å². The third-order valence-electron chi connectivity index (χ3n) is 5.15. The van der Waals surface area contributed by atoms with Crippen LogP contribution in [0.25, 0.3) is 0 Å². The summed E-state index contributed by atoms with van der Waals surface area (Å²) in [6.45, 7) is 8.00. The van der Waals surface area contributed by atoms with Gasteiger partial charge >= 0.3 is 0 Å². The highest BCUT2D eigenvalue weighted by Crippen LogP contribution is 2.42. The fourth-order valence-corrected chi connectivity index (χ4v) is 3.56. The number of benzene rings is 1. The topological polar surface area (TPSA) is 96.8 Å². The zero-order valence-corrected chi connectivity index (χ0v) is 17.2. The summed E-state index contributed by atoms with van der Waals surface area (Å²) in [7, 11) is 0. The largest absolute Gasteiger partial charge is 0.503 e. The van der Waals surface area contributed by atoms with Gasteiger partial charge in [0.1, 0.15) is 5.76 Å². The van der Waals surface area contributed by atoms with Crippen molar-refractivity contribution in [1.82, 2.24) is 5.16 Å². The summed E-state index contributed by atoms with van der Waals surface area (Å²) in [6.07, 6.45) is 1.37. The quantitative estimate of drug-likeness (QED) is 0.633. The molecule has 3 heterocycles. The van der Waals surface area contributed by atoms with Gasteiger partial charge in [-0.3, -0.25) is 14.5 Å². The van der Waals surface area contributed by atoms with E-state index in [9.17, 15) is 14.7 Å². The molecule has 2 aromatic heterocycles. The van der Waals surface area contributed by atoms with Gasteiger partial charge in [0.25, 0.3) is 5.91 Å². The lowest BCUT2D eigenvalue weighted by Gasteiger charge is -2.25. The van der Waals surface area contributed by atoms with Crippen LogP contribution >= 0.6 is 0 Å². The number of carbonyl (C=O) groups is 2. The average Bonchev–Trinajstić information content (AvgIpc) is 3.42. The van der Waals surface area contributed by atoms with Crippen molar-refractivity contribution >= 4 is 17.5 Å². The second-order valence-electron chi connectivity index (χ2n) is 8.31. The first-order chi connectivity index (χ1) is 14.2. The highest BCUT2D eigenvalue weighted by Gasteiger charge is 2.46. The Morgan fingerprint density at radius 3 is 2.40 bits per heavy atom. The van der Waals surface area contributed by atoms with Crippen LogP contribution < -0.4 is 4.90 Å². The van der Waals surface area contributed by atoms with Crippen LogP contribution in [-0.2, 0) is 10.2 Å². The van der Waals surface area contributed by atoms with Crippen LogP contribution in [0.3, 0.4) is 0 Å². The Hall–Kier alpha value is -3.61. The Morgan fingerprint density at radius 1 is 1.17 bits per heavy atom.